The van der Waals surface area contributed by atoms with E-state index in [2.05, 4.69) is 58.3 Å². The zero-order chi connectivity index (χ0) is 12.4. The van der Waals surface area contributed by atoms with Gasteiger partial charge in [0.05, 0.1) is 0 Å². The lowest BCUT2D eigenvalue weighted by Gasteiger charge is -2.16. The monoisotopic (exact) mass is 241 g/mol. The Morgan fingerprint density at radius 2 is 2.11 bits per heavy atom. The van der Waals surface area contributed by atoms with Crippen molar-refractivity contribution in [1.29, 1.82) is 0 Å². The SMILES string of the molecule is CC(Cc1ccccc1)Nc1nccn1C1CC1. The second-order valence-corrected chi connectivity index (χ2v) is 5.12. The summed E-state index contributed by atoms with van der Waals surface area (Å²) < 4.78 is 2.27. The van der Waals surface area contributed by atoms with Crippen LogP contribution in [0, 0.1) is 0 Å². The first-order valence-electron chi connectivity index (χ1n) is 6.66. The molecular formula is C15H19N3. The Morgan fingerprint density at radius 1 is 1.33 bits per heavy atom. The van der Waals surface area contributed by atoms with Crippen molar-refractivity contribution >= 4 is 5.95 Å². The van der Waals surface area contributed by atoms with Crippen molar-refractivity contribution in [3.8, 4) is 0 Å². The lowest BCUT2D eigenvalue weighted by atomic mass is 10.1. The molecule has 3 heteroatoms. The first-order chi connectivity index (χ1) is 8.83. The van der Waals surface area contributed by atoms with Crippen molar-refractivity contribution in [3.63, 3.8) is 0 Å². The van der Waals surface area contributed by atoms with Crippen LogP contribution in [-0.4, -0.2) is 15.6 Å². The molecule has 1 N–H and O–H groups in total. The Bertz CT molecular complexity index is 499. The van der Waals surface area contributed by atoms with E-state index in [0.29, 0.717) is 12.1 Å². The fourth-order valence-electron chi connectivity index (χ4n) is 2.31. The molecule has 3 nitrogen and oxygen atoms in total. The van der Waals surface area contributed by atoms with Gasteiger partial charge in [-0.15, -0.1) is 0 Å². The molecule has 1 aromatic heterocycles. The number of rotatable bonds is 5. The third kappa shape index (κ3) is 2.55. The molecule has 1 heterocycles. The number of anilines is 1. The number of benzene rings is 1. The lowest BCUT2D eigenvalue weighted by Crippen LogP contribution is -2.20. The Balaban J connectivity index is 1.63. The molecule has 0 bridgehead atoms. The van der Waals surface area contributed by atoms with Gasteiger partial charge in [-0.25, -0.2) is 4.98 Å². The average molecular weight is 241 g/mol. The molecule has 94 valence electrons. The summed E-state index contributed by atoms with van der Waals surface area (Å²) >= 11 is 0. The molecular weight excluding hydrogens is 222 g/mol. The third-order valence-electron chi connectivity index (χ3n) is 3.37. The minimum Gasteiger partial charge on any atom is -0.353 e. The van der Waals surface area contributed by atoms with E-state index in [1.165, 1.54) is 18.4 Å². The topological polar surface area (TPSA) is 29.9 Å². The summed E-state index contributed by atoms with van der Waals surface area (Å²) in [4.78, 5) is 4.41. The second kappa shape index (κ2) is 4.84. The molecule has 18 heavy (non-hydrogen) atoms. The Kier molecular flexibility index (Phi) is 3.05. The highest BCUT2D eigenvalue weighted by molar-refractivity contribution is 5.30. The van der Waals surface area contributed by atoms with E-state index in [1.54, 1.807) is 0 Å². The first-order valence-corrected chi connectivity index (χ1v) is 6.66. The molecule has 1 saturated carbocycles. The molecule has 0 spiro atoms. The summed E-state index contributed by atoms with van der Waals surface area (Å²) in [5, 5.41) is 3.51. The number of imidazole rings is 1. The number of hydrogen-bond donors (Lipinski definition) is 1. The molecule has 1 fully saturated rings. The summed E-state index contributed by atoms with van der Waals surface area (Å²) in [5.74, 6) is 1.01. The van der Waals surface area contributed by atoms with Gasteiger partial charge in [-0.05, 0) is 31.7 Å². The van der Waals surface area contributed by atoms with Gasteiger partial charge in [-0.3, -0.25) is 0 Å². The van der Waals surface area contributed by atoms with Gasteiger partial charge in [0.15, 0.2) is 0 Å². The first kappa shape index (κ1) is 11.3. The Hall–Kier alpha value is -1.77. The van der Waals surface area contributed by atoms with E-state index >= 15 is 0 Å². The average Bonchev–Trinajstić information content (AvgIpc) is 3.12. The molecule has 3 rings (SSSR count). The van der Waals surface area contributed by atoms with Crippen LogP contribution in [0.5, 0.6) is 0 Å². The van der Waals surface area contributed by atoms with Crippen LogP contribution in [0.25, 0.3) is 0 Å². The van der Waals surface area contributed by atoms with Gasteiger partial charge in [-0.1, -0.05) is 30.3 Å². The van der Waals surface area contributed by atoms with Crippen molar-refractivity contribution in [2.45, 2.75) is 38.3 Å². The molecule has 2 aromatic rings. The largest absolute Gasteiger partial charge is 0.353 e. The predicted octanol–water partition coefficient (Wildman–Crippen LogP) is 3.26. The summed E-state index contributed by atoms with van der Waals surface area (Å²) in [6.07, 6.45) is 7.57. The van der Waals surface area contributed by atoms with E-state index in [-0.39, 0.29) is 0 Å². The van der Waals surface area contributed by atoms with Gasteiger partial charge >= 0.3 is 0 Å². The van der Waals surface area contributed by atoms with Gasteiger partial charge in [-0.2, -0.15) is 0 Å². The van der Waals surface area contributed by atoms with Crippen LogP contribution in [0.15, 0.2) is 42.7 Å². The summed E-state index contributed by atoms with van der Waals surface area (Å²) in [6, 6.07) is 11.7. The smallest absolute Gasteiger partial charge is 0.203 e. The zero-order valence-corrected chi connectivity index (χ0v) is 10.7. The van der Waals surface area contributed by atoms with E-state index < -0.39 is 0 Å². The lowest BCUT2D eigenvalue weighted by molar-refractivity contribution is 0.711. The molecule has 1 aromatic carbocycles. The number of nitrogens with one attached hydrogen (secondary N) is 1. The summed E-state index contributed by atoms with van der Waals surface area (Å²) in [7, 11) is 0. The molecule has 0 aliphatic heterocycles. The Labute approximate surface area is 108 Å². The van der Waals surface area contributed by atoms with Crippen LogP contribution < -0.4 is 5.32 Å². The third-order valence-corrected chi connectivity index (χ3v) is 3.37. The molecule has 0 radical (unpaired) electrons. The highest BCUT2D eigenvalue weighted by atomic mass is 15.2. The standard InChI is InChI=1S/C15H19N3/c1-12(11-13-5-3-2-4-6-13)17-15-16-9-10-18(15)14-7-8-14/h2-6,9-10,12,14H,7-8,11H2,1H3,(H,16,17). The van der Waals surface area contributed by atoms with Gasteiger partial charge in [0.25, 0.3) is 0 Å². The maximum Gasteiger partial charge on any atom is 0.203 e. The summed E-state index contributed by atoms with van der Waals surface area (Å²) in [5.41, 5.74) is 1.36. The second-order valence-electron chi connectivity index (χ2n) is 5.12. The number of nitrogens with zero attached hydrogens (tertiary/aromatic N) is 2. The van der Waals surface area contributed by atoms with E-state index in [1.807, 2.05) is 6.20 Å². The summed E-state index contributed by atoms with van der Waals surface area (Å²) in [6.45, 7) is 2.21. The fourth-order valence-corrected chi connectivity index (χ4v) is 2.31. The maximum absolute atomic E-state index is 4.41. The molecule has 1 aliphatic rings. The van der Waals surface area contributed by atoms with E-state index in [9.17, 15) is 0 Å². The maximum atomic E-state index is 4.41. The van der Waals surface area contributed by atoms with E-state index in [4.69, 9.17) is 0 Å². The minimum absolute atomic E-state index is 0.396. The van der Waals surface area contributed by atoms with Gasteiger partial charge in [0, 0.05) is 24.5 Å². The molecule has 0 saturated heterocycles. The van der Waals surface area contributed by atoms with Crippen LogP contribution in [-0.2, 0) is 6.42 Å². The molecule has 1 unspecified atom stereocenters. The molecule has 1 aliphatic carbocycles. The zero-order valence-electron chi connectivity index (χ0n) is 10.7. The van der Waals surface area contributed by atoms with Gasteiger partial charge in [0.2, 0.25) is 5.95 Å². The van der Waals surface area contributed by atoms with Crippen molar-refractivity contribution in [2.75, 3.05) is 5.32 Å². The van der Waals surface area contributed by atoms with Crippen LogP contribution in [0.1, 0.15) is 31.4 Å². The van der Waals surface area contributed by atoms with Crippen LogP contribution in [0.4, 0.5) is 5.95 Å². The number of hydrogen-bond acceptors (Lipinski definition) is 2. The molecule has 0 amide bonds. The highest BCUT2D eigenvalue weighted by Crippen LogP contribution is 2.36. The van der Waals surface area contributed by atoms with Gasteiger partial charge in [0.1, 0.15) is 0 Å². The predicted molar refractivity (Wildman–Crippen MR) is 73.7 cm³/mol. The quantitative estimate of drug-likeness (QED) is 0.870. The number of aromatic nitrogens is 2. The fraction of sp³-hybridized carbons (Fsp3) is 0.400. The van der Waals surface area contributed by atoms with Crippen molar-refractivity contribution in [2.24, 2.45) is 0 Å². The highest BCUT2D eigenvalue weighted by Gasteiger charge is 2.25. The normalized spacial score (nSPS) is 16.5. The van der Waals surface area contributed by atoms with Crippen molar-refractivity contribution in [1.82, 2.24) is 9.55 Å². The van der Waals surface area contributed by atoms with Crippen molar-refractivity contribution in [3.05, 3.63) is 48.3 Å². The van der Waals surface area contributed by atoms with Crippen LogP contribution in [0.2, 0.25) is 0 Å². The van der Waals surface area contributed by atoms with Crippen molar-refractivity contribution < 1.29 is 0 Å². The minimum atomic E-state index is 0.396. The van der Waals surface area contributed by atoms with Gasteiger partial charge < -0.3 is 9.88 Å². The van der Waals surface area contributed by atoms with Crippen LogP contribution in [0.3, 0.4) is 0 Å². The Morgan fingerprint density at radius 3 is 2.83 bits per heavy atom. The molecule has 1 atom stereocenters. The van der Waals surface area contributed by atoms with E-state index in [0.717, 1.165) is 12.4 Å². The van der Waals surface area contributed by atoms with Crippen LogP contribution >= 0.6 is 0 Å².